The molecule has 1 aliphatic rings. The number of hydrogen-bond donors (Lipinski definition) is 0. The first-order valence-corrected chi connectivity index (χ1v) is 9.81. The molecule has 0 radical (unpaired) electrons. The number of anilines is 1. The molecule has 0 N–H and O–H groups in total. The molecule has 3 aromatic rings. The molecule has 4 rings (SSSR count). The molecule has 0 amide bonds. The number of rotatable bonds is 4. The molecule has 0 saturated carbocycles. The summed E-state index contributed by atoms with van der Waals surface area (Å²) in [7, 11) is -3.85. The summed E-state index contributed by atoms with van der Waals surface area (Å²) in [5, 5.41) is 8.39. The third kappa shape index (κ3) is 3.40. The third-order valence-corrected chi connectivity index (χ3v) is 6.35. The van der Waals surface area contributed by atoms with E-state index in [4.69, 9.17) is 0 Å². The van der Waals surface area contributed by atoms with E-state index in [0.29, 0.717) is 24.7 Å². The van der Waals surface area contributed by atoms with E-state index in [-0.39, 0.29) is 18.0 Å². The Balaban J connectivity index is 1.45. The maximum atomic E-state index is 13.9. The van der Waals surface area contributed by atoms with Crippen molar-refractivity contribution in [3.05, 3.63) is 60.9 Å². The first-order chi connectivity index (χ1) is 13.1. The van der Waals surface area contributed by atoms with Crippen molar-refractivity contribution in [2.45, 2.75) is 4.90 Å². The molecular formula is C17H17FN6O2S. The lowest BCUT2D eigenvalue weighted by Gasteiger charge is -2.34. The Morgan fingerprint density at radius 2 is 1.63 bits per heavy atom. The molecule has 0 unspecified atom stereocenters. The van der Waals surface area contributed by atoms with E-state index in [2.05, 4.69) is 15.2 Å². The molecule has 0 spiro atoms. The fourth-order valence-electron chi connectivity index (χ4n) is 2.97. The second-order valence-electron chi connectivity index (χ2n) is 6.04. The molecule has 0 aliphatic carbocycles. The quantitative estimate of drug-likeness (QED) is 0.670. The number of piperazine rings is 1. The number of benzene rings is 1. The maximum Gasteiger partial charge on any atom is 0.246 e. The summed E-state index contributed by atoms with van der Waals surface area (Å²) in [5.41, 5.74) is 0. The van der Waals surface area contributed by atoms with Gasteiger partial charge in [-0.05, 0) is 24.3 Å². The summed E-state index contributed by atoms with van der Waals surface area (Å²) in [6, 6.07) is 9.09. The summed E-state index contributed by atoms with van der Waals surface area (Å²) in [4.78, 5) is 5.64. The molecule has 1 fully saturated rings. The first kappa shape index (κ1) is 17.6. The highest BCUT2D eigenvalue weighted by Gasteiger charge is 2.30. The van der Waals surface area contributed by atoms with E-state index in [0.717, 1.165) is 6.07 Å². The van der Waals surface area contributed by atoms with Gasteiger partial charge in [-0.1, -0.05) is 12.1 Å². The molecule has 140 valence electrons. The van der Waals surface area contributed by atoms with Gasteiger partial charge in [0.15, 0.2) is 11.6 Å². The fourth-order valence-corrected chi connectivity index (χ4v) is 4.46. The lowest BCUT2D eigenvalue weighted by molar-refractivity contribution is 0.381. The zero-order valence-electron chi connectivity index (χ0n) is 14.3. The van der Waals surface area contributed by atoms with Crippen LogP contribution in [0.4, 0.5) is 10.2 Å². The number of sulfonamides is 1. The summed E-state index contributed by atoms with van der Waals surface area (Å²) < 4.78 is 42.3. The molecule has 1 aliphatic heterocycles. The van der Waals surface area contributed by atoms with Gasteiger partial charge in [-0.2, -0.15) is 4.31 Å². The highest BCUT2D eigenvalue weighted by atomic mass is 32.2. The van der Waals surface area contributed by atoms with Crippen LogP contribution in [0.5, 0.6) is 0 Å². The largest absolute Gasteiger partial charge is 0.352 e. The van der Waals surface area contributed by atoms with Crippen LogP contribution in [0.1, 0.15) is 0 Å². The Bertz CT molecular complexity index is 1020. The van der Waals surface area contributed by atoms with Crippen LogP contribution in [0.3, 0.4) is 0 Å². The molecule has 3 heterocycles. The third-order valence-electron chi connectivity index (χ3n) is 4.42. The van der Waals surface area contributed by atoms with E-state index < -0.39 is 15.8 Å². The van der Waals surface area contributed by atoms with Crippen LogP contribution in [0.2, 0.25) is 0 Å². The summed E-state index contributed by atoms with van der Waals surface area (Å²) in [6.07, 6.45) is 5.07. The molecule has 10 heteroatoms. The zero-order valence-corrected chi connectivity index (χ0v) is 15.1. The van der Waals surface area contributed by atoms with Gasteiger partial charge in [0.25, 0.3) is 0 Å². The Labute approximate surface area is 155 Å². The van der Waals surface area contributed by atoms with Crippen molar-refractivity contribution in [3.8, 4) is 5.82 Å². The van der Waals surface area contributed by atoms with Crippen molar-refractivity contribution in [2.24, 2.45) is 0 Å². The Morgan fingerprint density at radius 3 is 2.26 bits per heavy atom. The molecule has 8 nitrogen and oxygen atoms in total. The highest BCUT2D eigenvalue weighted by Crippen LogP contribution is 2.22. The van der Waals surface area contributed by atoms with Crippen LogP contribution in [0, 0.1) is 5.82 Å². The number of nitrogens with zero attached hydrogens (tertiary/aromatic N) is 6. The highest BCUT2D eigenvalue weighted by molar-refractivity contribution is 7.89. The van der Waals surface area contributed by atoms with Crippen molar-refractivity contribution in [3.63, 3.8) is 0 Å². The van der Waals surface area contributed by atoms with Crippen LogP contribution in [-0.4, -0.2) is 58.7 Å². The maximum absolute atomic E-state index is 13.9. The van der Waals surface area contributed by atoms with Gasteiger partial charge in [-0.25, -0.2) is 17.8 Å². The van der Waals surface area contributed by atoms with Crippen molar-refractivity contribution in [2.75, 3.05) is 31.1 Å². The smallest absolute Gasteiger partial charge is 0.246 e. The van der Waals surface area contributed by atoms with Gasteiger partial charge in [0.2, 0.25) is 10.0 Å². The van der Waals surface area contributed by atoms with E-state index >= 15 is 0 Å². The zero-order chi connectivity index (χ0) is 18.9. The SMILES string of the molecule is O=S(=O)(c1ccccc1F)N1CCN(c2ccc(-n3ccnc3)nn2)CC1. The second kappa shape index (κ2) is 7.05. The minimum absolute atomic E-state index is 0.252. The van der Waals surface area contributed by atoms with E-state index in [1.165, 1.54) is 22.5 Å². The van der Waals surface area contributed by atoms with Crippen molar-refractivity contribution in [1.29, 1.82) is 0 Å². The van der Waals surface area contributed by atoms with Gasteiger partial charge in [-0.15, -0.1) is 10.2 Å². The number of hydrogen-bond acceptors (Lipinski definition) is 6. The Morgan fingerprint density at radius 1 is 0.926 bits per heavy atom. The molecule has 1 saturated heterocycles. The molecule has 2 aromatic heterocycles. The molecule has 1 aromatic carbocycles. The lowest BCUT2D eigenvalue weighted by atomic mass is 10.3. The standard InChI is InChI=1S/C17H17FN6O2S/c18-14-3-1-2-4-15(14)27(25,26)24-11-9-22(10-12-24)16-5-6-17(21-20-16)23-8-7-19-13-23/h1-8,13H,9-12H2. The monoisotopic (exact) mass is 388 g/mol. The topological polar surface area (TPSA) is 84.2 Å². The molecule has 0 atom stereocenters. The van der Waals surface area contributed by atoms with Gasteiger partial charge < -0.3 is 4.90 Å². The van der Waals surface area contributed by atoms with Crippen LogP contribution in [0.25, 0.3) is 5.82 Å². The normalized spacial score (nSPS) is 15.8. The predicted molar refractivity (Wildman–Crippen MR) is 96.5 cm³/mol. The van der Waals surface area contributed by atoms with Crippen LogP contribution in [0.15, 0.2) is 60.0 Å². The predicted octanol–water partition coefficient (Wildman–Crippen LogP) is 1.31. The number of imidazole rings is 1. The van der Waals surface area contributed by atoms with Crippen LogP contribution >= 0.6 is 0 Å². The summed E-state index contributed by atoms with van der Waals surface area (Å²) in [6.45, 7) is 1.41. The van der Waals surface area contributed by atoms with Crippen molar-refractivity contribution in [1.82, 2.24) is 24.1 Å². The Hall–Kier alpha value is -2.85. The summed E-state index contributed by atoms with van der Waals surface area (Å²) in [5.74, 6) is 0.583. The summed E-state index contributed by atoms with van der Waals surface area (Å²) >= 11 is 0. The number of aromatic nitrogens is 4. The average Bonchev–Trinajstić information content (AvgIpc) is 3.23. The van der Waals surface area contributed by atoms with Gasteiger partial charge in [0.05, 0.1) is 0 Å². The molecule has 0 bridgehead atoms. The average molecular weight is 388 g/mol. The van der Waals surface area contributed by atoms with Gasteiger partial charge in [-0.3, -0.25) is 4.57 Å². The first-order valence-electron chi connectivity index (χ1n) is 8.37. The Kier molecular flexibility index (Phi) is 4.58. The van der Waals surface area contributed by atoms with Crippen molar-refractivity contribution >= 4 is 15.8 Å². The molecule has 27 heavy (non-hydrogen) atoms. The van der Waals surface area contributed by atoms with E-state index in [1.807, 2.05) is 17.0 Å². The van der Waals surface area contributed by atoms with E-state index in [9.17, 15) is 12.8 Å². The number of halogens is 1. The molecular weight excluding hydrogens is 371 g/mol. The van der Waals surface area contributed by atoms with Crippen LogP contribution in [-0.2, 0) is 10.0 Å². The van der Waals surface area contributed by atoms with Crippen molar-refractivity contribution < 1.29 is 12.8 Å². The minimum atomic E-state index is -3.85. The fraction of sp³-hybridized carbons (Fsp3) is 0.235. The van der Waals surface area contributed by atoms with Gasteiger partial charge >= 0.3 is 0 Å². The second-order valence-corrected chi connectivity index (χ2v) is 7.95. The van der Waals surface area contributed by atoms with Gasteiger partial charge in [0, 0.05) is 38.6 Å². The lowest BCUT2D eigenvalue weighted by Crippen LogP contribution is -2.49. The van der Waals surface area contributed by atoms with Gasteiger partial charge in [0.1, 0.15) is 17.0 Å². The van der Waals surface area contributed by atoms with E-state index in [1.54, 1.807) is 23.3 Å². The van der Waals surface area contributed by atoms with Crippen LogP contribution < -0.4 is 4.90 Å². The minimum Gasteiger partial charge on any atom is -0.352 e.